The molecule has 1 rings (SSSR count). The minimum Gasteiger partial charge on any atom is -0.465 e. The van der Waals surface area contributed by atoms with Crippen molar-refractivity contribution in [3.63, 3.8) is 0 Å². The molecule has 1 unspecified atom stereocenters. The van der Waals surface area contributed by atoms with Crippen LogP contribution < -0.4 is 0 Å². The van der Waals surface area contributed by atoms with Crippen LogP contribution in [0.15, 0.2) is 0 Å². The maximum absolute atomic E-state index is 10.9. The maximum atomic E-state index is 10.9. The Hall–Kier alpha value is -1.10. The van der Waals surface area contributed by atoms with Crippen molar-refractivity contribution in [2.45, 2.75) is 32.5 Å². The molecule has 5 nitrogen and oxygen atoms in total. The summed E-state index contributed by atoms with van der Waals surface area (Å²) in [6, 6.07) is 0. The molecular formula is C9H14O5. The fourth-order valence-electron chi connectivity index (χ4n) is 1.06. The zero-order valence-electron chi connectivity index (χ0n) is 8.15. The SMILES string of the molecule is CCCC(=O)OCCC1OCC(=O)O1. The minimum atomic E-state index is -0.545. The number of hydrogen-bond acceptors (Lipinski definition) is 5. The van der Waals surface area contributed by atoms with Crippen molar-refractivity contribution < 1.29 is 23.8 Å². The van der Waals surface area contributed by atoms with Gasteiger partial charge in [0.25, 0.3) is 0 Å². The van der Waals surface area contributed by atoms with Crippen LogP contribution in [0.4, 0.5) is 0 Å². The highest BCUT2D eigenvalue weighted by Crippen LogP contribution is 2.09. The molecule has 0 spiro atoms. The van der Waals surface area contributed by atoms with E-state index in [1.165, 1.54) is 0 Å². The summed E-state index contributed by atoms with van der Waals surface area (Å²) in [4.78, 5) is 21.5. The molecule has 0 saturated carbocycles. The minimum absolute atomic E-state index is 0.00638. The van der Waals surface area contributed by atoms with Gasteiger partial charge in [-0.05, 0) is 6.42 Å². The molecule has 1 atom stereocenters. The van der Waals surface area contributed by atoms with Gasteiger partial charge in [-0.1, -0.05) is 6.92 Å². The zero-order chi connectivity index (χ0) is 10.4. The van der Waals surface area contributed by atoms with Crippen LogP contribution in [-0.4, -0.2) is 31.4 Å². The smallest absolute Gasteiger partial charge is 0.334 e. The normalized spacial score (nSPS) is 20.6. The number of cyclic esters (lactones) is 1. The van der Waals surface area contributed by atoms with Gasteiger partial charge in [-0.3, -0.25) is 4.79 Å². The number of ether oxygens (including phenoxy) is 3. The molecule has 0 bridgehead atoms. The Labute approximate surface area is 82.3 Å². The van der Waals surface area contributed by atoms with E-state index >= 15 is 0 Å². The molecule has 1 fully saturated rings. The lowest BCUT2D eigenvalue weighted by Gasteiger charge is -2.08. The third-order valence-corrected chi connectivity index (χ3v) is 1.72. The molecule has 0 aromatic heterocycles. The van der Waals surface area contributed by atoms with Crippen molar-refractivity contribution in [1.29, 1.82) is 0 Å². The average molecular weight is 202 g/mol. The Kier molecular flexibility index (Phi) is 4.39. The third-order valence-electron chi connectivity index (χ3n) is 1.72. The molecule has 1 saturated heterocycles. The average Bonchev–Trinajstić information content (AvgIpc) is 2.52. The molecule has 1 aliphatic heterocycles. The summed E-state index contributed by atoms with van der Waals surface area (Å²) in [5.41, 5.74) is 0. The van der Waals surface area contributed by atoms with Crippen LogP contribution in [0.25, 0.3) is 0 Å². The number of carbonyl (C=O) groups is 2. The van der Waals surface area contributed by atoms with Crippen molar-refractivity contribution in [1.82, 2.24) is 0 Å². The highest BCUT2D eigenvalue weighted by Gasteiger charge is 2.23. The summed E-state index contributed by atoms with van der Waals surface area (Å²) in [5, 5.41) is 0. The monoisotopic (exact) mass is 202 g/mol. The van der Waals surface area contributed by atoms with Gasteiger partial charge in [-0.25, -0.2) is 4.79 Å². The molecule has 0 amide bonds. The summed E-state index contributed by atoms with van der Waals surface area (Å²) in [7, 11) is 0. The van der Waals surface area contributed by atoms with E-state index in [1.54, 1.807) is 0 Å². The zero-order valence-corrected chi connectivity index (χ0v) is 8.15. The highest BCUT2D eigenvalue weighted by molar-refractivity contribution is 5.72. The van der Waals surface area contributed by atoms with Crippen molar-refractivity contribution in [2.75, 3.05) is 13.2 Å². The first-order chi connectivity index (χ1) is 6.72. The molecule has 0 aromatic rings. The molecule has 0 aliphatic carbocycles. The van der Waals surface area contributed by atoms with E-state index in [2.05, 4.69) is 0 Å². The molecule has 0 N–H and O–H groups in total. The van der Waals surface area contributed by atoms with Gasteiger partial charge in [-0.15, -0.1) is 0 Å². The number of esters is 2. The van der Waals surface area contributed by atoms with Crippen LogP contribution in [0.5, 0.6) is 0 Å². The molecule has 14 heavy (non-hydrogen) atoms. The first kappa shape index (κ1) is 11.0. The Morgan fingerprint density at radius 2 is 2.43 bits per heavy atom. The Morgan fingerprint density at radius 3 is 3.00 bits per heavy atom. The van der Waals surface area contributed by atoms with Crippen molar-refractivity contribution >= 4 is 11.9 Å². The Balaban J connectivity index is 2.04. The lowest BCUT2D eigenvalue weighted by molar-refractivity contribution is -0.149. The topological polar surface area (TPSA) is 61.8 Å². The van der Waals surface area contributed by atoms with Crippen molar-refractivity contribution in [3.8, 4) is 0 Å². The second-order valence-electron chi connectivity index (χ2n) is 2.99. The molecule has 80 valence electrons. The lowest BCUT2D eigenvalue weighted by Crippen LogP contribution is -2.14. The van der Waals surface area contributed by atoms with Gasteiger partial charge in [-0.2, -0.15) is 0 Å². The van der Waals surface area contributed by atoms with Gasteiger partial charge in [0.2, 0.25) is 6.29 Å². The van der Waals surface area contributed by atoms with Crippen LogP contribution in [-0.2, 0) is 23.8 Å². The van der Waals surface area contributed by atoms with Gasteiger partial charge in [0.05, 0.1) is 6.61 Å². The summed E-state index contributed by atoms with van der Waals surface area (Å²) < 4.78 is 14.6. The van der Waals surface area contributed by atoms with E-state index in [-0.39, 0.29) is 25.2 Å². The van der Waals surface area contributed by atoms with Crippen LogP contribution in [0.1, 0.15) is 26.2 Å². The van der Waals surface area contributed by atoms with E-state index in [1.807, 2.05) is 6.92 Å². The summed E-state index contributed by atoms with van der Waals surface area (Å²) in [5.74, 6) is -0.591. The Bertz CT molecular complexity index is 213. The summed E-state index contributed by atoms with van der Waals surface area (Å²) in [6.07, 6.45) is 1.05. The van der Waals surface area contributed by atoms with E-state index < -0.39 is 6.29 Å². The van der Waals surface area contributed by atoms with Crippen LogP contribution in [0.2, 0.25) is 0 Å². The molecule has 5 heteroatoms. The van der Waals surface area contributed by atoms with Gasteiger partial charge in [0, 0.05) is 12.8 Å². The van der Waals surface area contributed by atoms with Gasteiger partial charge >= 0.3 is 11.9 Å². The van der Waals surface area contributed by atoms with Crippen molar-refractivity contribution in [2.24, 2.45) is 0 Å². The van der Waals surface area contributed by atoms with E-state index in [4.69, 9.17) is 14.2 Å². The quantitative estimate of drug-likeness (QED) is 0.611. The fourth-order valence-corrected chi connectivity index (χ4v) is 1.06. The lowest BCUT2D eigenvalue weighted by atomic mass is 10.3. The predicted molar refractivity (Wildman–Crippen MR) is 46.3 cm³/mol. The molecule has 0 aromatic carbocycles. The number of carbonyl (C=O) groups excluding carboxylic acids is 2. The van der Waals surface area contributed by atoms with E-state index in [0.717, 1.165) is 6.42 Å². The van der Waals surface area contributed by atoms with E-state index in [9.17, 15) is 9.59 Å². The largest absolute Gasteiger partial charge is 0.465 e. The Morgan fingerprint density at radius 1 is 1.64 bits per heavy atom. The third kappa shape index (κ3) is 3.74. The van der Waals surface area contributed by atoms with Gasteiger partial charge in [0.15, 0.2) is 0 Å². The van der Waals surface area contributed by atoms with Crippen LogP contribution in [0.3, 0.4) is 0 Å². The molecule has 0 radical (unpaired) electrons. The van der Waals surface area contributed by atoms with E-state index in [0.29, 0.717) is 12.8 Å². The standard InChI is InChI=1S/C9H14O5/c1-2-3-7(10)12-5-4-9-13-6-8(11)14-9/h9H,2-6H2,1H3. The van der Waals surface area contributed by atoms with Gasteiger partial charge < -0.3 is 14.2 Å². The highest BCUT2D eigenvalue weighted by atomic mass is 16.7. The first-order valence-electron chi connectivity index (χ1n) is 4.69. The number of rotatable bonds is 5. The fraction of sp³-hybridized carbons (Fsp3) is 0.778. The molecular weight excluding hydrogens is 188 g/mol. The second kappa shape index (κ2) is 5.59. The molecule has 1 aliphatic rings. The summed E-state index contributed by atoms with van der Waals surface area (Å²) in [6.45, 7) is 2.13. The van der Waals surface area contributed by atoms with Crippen LogP contribution >= 0.6 is 0 Å². The first-order valence-corrected chi connectivity index (χ1v) is 4.69. The van der Waals surface area contributed by atoms with Crippen LogP contribution in [0, 0.1) is 0 Å². The van der Waals surface area contributed by atoms with Crippen molar-refractivity contribution in [3.05, 3.63) is 0 Å². The van der Waals surface area contributed by atoms with Gasteiger partial charge in [0.1, 0.15) is 6.61 Å². The summed E-state index contributed by atoms with van der Waals surface area (Å²) >= 11 is 0. The second-order valence-corrected chi connectivity index (χ2v) is 2.99. The molecule has 1 heterocycles. The maximum Gasteiger partial charge on any atom is 0.334 e. The number of hydrogen-bond donors (Lipinski definition) is 0. The predicted octanol–water partition coefficient (Wildman–Crippen LogP) is 0.619.